The summed E-state index contributed by atoms with van der Waals surface area (Å²) in [5.74, 6) is 1.55. The number of hydrogen-bond acceptors (Lipinski definition) is 3. The van der Waals surface area contributed by atoms with Gasteiger partial charge in [0.15, 0.2) is 0 Å². The van der Waals surface area contributed by atoms with Gasteiger partial charge in [-0.15, -0.1) is 0 Å². The molecular weight excluding hydrogens is 264 g/mol. The van der Waals surface area contributed by atoms with Crippen molar-refractivity contribution in [3.63, 3.8) is 0 Å². The van der Waals surface area contributed by atoms with Crippen molar-refractivity contribution in [1.82, 2.24) is 10.2 Å². The fourth-order valence-corrected chi connectivity index (χ4v) is 3.05. The molecule has 4 heteroatoms. The Labute approximate surface area is 126 Å². The minimum atomic E-state index is 0.162. The van der Waals surface area contributed by atoms with Gasteiger partial charge in [-0.05, 0) is 62.9 Å². The van der Waals surface area contributed by atoms with E-state index < -0.39 is 0 Å². The summed E-state index contributed by atoms with van der Waals surface area (Å²) in [4.78, 5) is 14.9. The molecule has 1 amide bonds. The van der Waals surface area contributed by atoms with Crippen LogP contribution in [0.2, 0.25) is 0 Å². The van der Waals surface area contributed by atoms with Gasteiger partial charge < -0.3 is 15.0 Å². The second-order valence-electron chi connectivity index (χ2n) is 6.11. The highest BCUT2D eigenvalue weighted by Crippen LogP contribution is 2.30. The van der Waals surface area contributed by atoms with Gasteiger partial charge in [-0.3, -0.25) is 4.79 Å². The molecule has 3 rings (SSSR count). The zero-order valence-corrected chi connectivity index (χ0v) is 12.7. The summed E-state index contributed by atoms with van der Waals surface area (Å²) >= 11 is 0. The van der Waals surface area contributed by atoms with Crippen molar-refractivity contribution in [1.29, 1.82) is 0 Å². The molecule has 114 valence electrons. The zero-order valence-electron chi connectivity index (χ0n) is 12.7. The van der Waals surface area contributed by atoms with Crippen LogP contribution in [0.1, 0.15) is 36.0 Å². The maximum absolute atomic E-state index is 12.8. The molecule has 0 aromatic heterocycles. The zero-order chi connectivity index (χ0) is 14.7. The largest absolute Gasteiger partial charge is 0.497 e. The third kappa shape index (κ3) is 3.56. The van der Waals surface area contributed by atoms with E-state index in [-0.39, 0.29) is 5.91 Å². The molecule has 1 heterocycles. The number of ether oxygens (including phenoxy) is 1. The first-order valence-corrected chi connectivity index (χ1v) is 7.93. The summed E-state index contributed by atoms with van der Waals surface area (Å²) in [6.45, 7) is 3.06. The number of carbonyl (C=O) groups excluding carboxylic acids is 1. The van der Waals surface area contributed by atoms with Gasteiger partial charge in [0.25, 0.3) is 5.91 Å². The van der Waals surface area contributed by atoms with Crippen LogP contribution in [-0.4, -0.2) is 43.6 Å². The first-order chi connectivity index (χ1) is 10.3. The first kappa shape index (κ1) is 14.4. The van der Waals surface area contributed by atoms with Gasteiger partial charge in [0.2, 0.25) is 0 Å². The van der Waals surface area contributed by atoms with E-state index in [4.69, 9.17) is 4.74 Å². The molecule has 1 aliphatic carbocycles. The first-order valence-electron chi connectivity index (χ1n) is 7.93. The Hall–Kier alpha value is -1.55. The van der Waals surface area contributed by atoms with Crippen molar-refractivity contribution in [2.75, 3.05) is 26.7 Å². The Balaban J connectivity index is 1.71. The lowest BCUT2D eigenvalue weighted by Gasteiger charge is -2.30. The smallest absolute Gasteiger partial charge is 0.254 e. The van der Waals surface area contributed by atoms with Gasteiger partial charge in [-0.25, -0.2) is 0 Å². The molecule has 1 N–H and O–H groups in total. The average molecular weight is 288 g/mol. The Morgan fingerprint density at radius 3 is 2.71 bits per heavy atom. The van der Waals surface area contributed by atoms with Crippen LogP contribution in [0.15, 0.2) is 24.3 Å². The Morgan fingerprint density at radius 2 is 2.05 bits per heavy atom. The molecule has 0 spiro atoms. The van der Waals surface area contributed by atoms with Gasteiger partial charge in [-0.1, -0.05) is 6.07 Å². The molecule has 0 atom stereocenters. The Bertz CT molecular complexity index is 493. The van der Waals surface area contributed by atoms with Crippen LogP contribution < -0.4 is 10.1 Å². The highest BCUT2D eigenvalue weighted by molar-refractivity contribution is 5.95. The topological polar surface area (TPSA) is 41.6 Å². The second-order valence-corrected chi connectivity index (χ2v) is 6.11. The third-order valence-corrected chi connectivity index (χ3v) is 4.48. The third-order valence-electron chi connectivity index (χ3n) is 4.48. The SMILES string of the molecule is COc1cccc(C(=O)N(CC2CCNCC2)C2CC2)c1. The molecule has 21 heavy (non-hydrogen) atoms. The summed E-state index contributed by atoms with van der Waals surface area (Å²) in [6.07, 6.45) is 4.66. The number of rotatable bonds is 5. The molecular formula is C17H24N2O2. The molecule has 1 saturated carbocycles. The predicted molar refractivity (Wildman–Crippen MR) is 82.6 cm³/mol. The number of nitrogens with zero attached hydrogens (tertiary/aromatic N) is 1. The standard InChI is InChI=1S/C17H24N2O2/c1-21-16-4-2-3-14(11-16)17(20)19(15-5-6-15)12-13-7-9-18-10-8-13/h2-4,11,13,15,18H,5-10,12H2,1H3. The quantitative estimate of drug-likeness (QED) is 0.904. The number of piperidine rings is 1. The maximum atomic E-state index is 12.8. The number of benzene rings is 1. The van der Waals surface area contributed by atoms with Crippen molar-refractivity contribution in [2.24, 2.45) is 5.92 Å². The summed E-state index contributed by atoms with van der Waals surface area (Å²) in [7, 11) is 1.64. The minimum absolute atomic E-state index is 0.162. The monoisotopic (exact) mass is 288 g/mol. The van der Waals surface area contributed by atoms with Gasteiger partial charge in [0.05, 0.1) is 7.11 Å². The van der Waals surface area contributed by atoms with Crippen LogP contribution in [0.3, 0.4) is 0 Å². The van der Waals surface area contributed by atoms with Crippen LogP contribution in [0.4, 0.5) is 0 Å². The highest BCUT2D eigenvalue weighted by atomic mass is 16.5. The second kappa shape index (κ2) is 6.48. The summed E-state index contributed by atoms with van der Waals surface area (Å²) in [6, 6.07) is 7.97. The molecule has 0 radical (unpaired) electrons. The van der Waals surface area contributed by atoms with Crippen LogP contribution in [0.5, 0.6) is 5.75 Å². The van der Waals surface area contributed by atoms with Crippen LogP contribution >= 0.6 is 0 Å². The van der Waals surface area contributed by atoms with Crippen molar-refractivity contribution in [2.45, 2.75) is 31.7 Å². The van der Waals surface area contributed by atoms with E-state index in [1.165, 1.54) is 12.8 Å². The lowest BCUT2D eigenvalue weighted by molar-refractivity contribution is 0.0701. The average Bonchev–Trinajstić information content (AvgIpc) is 3.38. The van der Waals surface area contributed by atoms with Gasteiger partial charge >= 0.3 is 0 Å². The fourth-order valence-electron chi connectivity index (χ4n) is 3.05. The van der Waals surface area contributed by atoms with Crippen molar-refractivity contribution >= 4 is 5.91 Å². The van der Waals surface area contributed by atoms with Crippen LogP contribution in [0.25, 0.3) is 0 Å². The van der Waals surface area contributed by atoms with Gasteiger partial charge in [0, 0.05) is 18.2 Å². The minimum Gasteiger partial charge on any atom is -0.497 e. The van der Waals surface area contributed by atoms with E-state index in [2.05, 4.69) is 10.2 Å². The lowest BCUT2D eigenvalue weighted by Crippen LogP contribution is -2.40. The number of methoxy groups -OCH3 is 1. The van der Waals surface area contributed by atoms with Gasteiger partial charge in [0.1, 0.15) is 5.75 Å². The number of amides is 1. The summed E-state index contributed by atoms with van der Waals surface area (Å²) in [5.41, 5.74) is 0.746. The van der Waals surface area contributed by atoms with Crippen molar-refractivity contribution in [3.05, 3.63) is 29.8 Å². The van der Waals surface area contributed by atoms with E-state index in [1.54, 1.807) is 7.11 Å². The molecule has 0 bridgehead atoms. The normalized spacial score (nSPS) is 19.3. The molecule has 1 aliphatic heterocycles. The molecule has 1 saturated heterocycles. The predicted octanol–water partition coefficient (Wildman–Crippen LogP) is 2.30. The summed E-state index contributed by atoms with van der Waals surface area (Å²) in [5, 5.41) is 3.39. The van der Waals surface area contributed by atoms with E-state index in [0.29, 0.717) is 12.0 Å². The highest BCUT2D eigenvalue weighted by Gasteiger charge is 2.34. The molecule has 1 aromatic rings. The van der Waals surface area contributed by atoms with E-state index in [1.807, 2.05) is 24.3 Å². The van der Waals surface area contributed by atoms with Crippen molar-refractivity contribution in [3.8, 4) is 5.75 Å². The number of hydrogen-bond donors (Lipinski definition) is 1. The lowest BCUT2D eigenvalue weighted by atomic mass is 9.97. The van der Waals surface area contributed by atoms with E-state index >= 15 is 0 Å². The summed E-state index contributed by atoms with van der Waals surface area (Å²) < 4.78 is 5.23. The maximum Gasteiger partial charge on any atom is 0.254 e. The number of nitrogens with one attached hydrogen (secondary N) is 1. The van der Waals surface area contributed by atoms with Crippen LogP contribution in [-0.2, 0) is 0 Å². The fraction of sp³-hybridized carbons (Fsp3) is 0.588. The molecule has 0 unspecified atom stereocenters. The molecule has 4 nitrogen and oxygen atoms in total. The molecule has 1 aromatic carbocycles. The Morgan fingerprint density at radius 1 is 1.29 bits per heavy atom. The van der Waals surface area contributed by atoms with E-state index in [9.17, 15) is 4.79 Å². The van der Waals surface area contributed by atoms with E-state index in [0.717, 1.165) is 43.8 Å². The number of carbonyl (C=O) groups is 1. The Kier molecular flexibility index (Phi) is 4.44. The van der Waals surface area contributed by atoms with Crippen molar-refractivity contribution < 1.29 is 9.53 Å². The van der Waals surface area contributed by atoms with Crippen LogP contribution in [0, 0.1) is 5.92 Å². The molecule has 2 fully saturated rings. The molecule has 2 aliphatic rings. The van der Waals surface area contributed by atoms with Gasteiger partial charge in [-0.2, -0.15) is 0 Å².